The second-order valence-corrected chi connectivity index (χ2v) is 6.44. The topological polar surface area (TPSA) is 101 Å². The number of carbonyl (C=O) groups excluding carboxylic acids is 1. The number of hydrogen-bond acceptors (Lipinski definition) is 3. The Morgan fingerprint density at radius 3 is 2.36 bits per heavy atom. The standard InChI is InChI=1S/C13H11Cl2N3O3S/c14-8-4-5-11(12(15)6-8)13(19)17-9-2-1-3-10(7-9)18-22(16,20)21/h1-7,18H,(H,17,19)(H2,16,20,21). The summed E-state index contributed by atoms with van der Waals surface area (Å²) in [6, 6.07) is 10.6. The van der Waals surface area contributed by atoms with Gasteiger partial charge in [0.2, 0.25) is 0 Å². The van der Waals surface area contributed by atoms with E-state index in [1.165, 1.54) is 24.3 Å². The Balaban J connectivity index is 2.20. The number of amides is 1. The highest BCUT2D eigenvalue weighted by molar-refractivity contribution is 7.90. The Bertz CT molecular complexity index is 825. The van der Waals surface area contributed by atoms with E-state index >= 15 is 0 Å². The van der Waals surface area contributed by atoms with Crippen LogP contribution in [0.1, 0.15) is 10.4 Å². The molecular formula is C13H11Cl2N3O3S. The summed E-state index contributed by atoms with van der Waals surface area (Å²) in [5, 5.41) is 8.12. The molecule has 116 valence electrons. The summed E-state index contributed by atoms with van der Waals surface area (Å²) >= 11 is 11.7. The van der Waals surface area contributed by atoms with E-state index in [0.29, 0.717) is 10.7 Å². The Morgan fingerprint density at radius 2 is 1.73 bits per heavy atom. The van der Waals surface area contributed by atoms with E-state index in [0.717, 1.165) is 0 Å². The molecule has 0 bridgehead atoms. The van der Waals surface area contributed by atoms with Crippen molar-refractivity contribution in [3.63, 3.8) is 0 Å². The molecule has 1 amide bonds. The fourth-order valence-corrected chi connectivity index (χ4v) is 2.65. The van der Waals surface area contributed by atoms with E-state index in [1.54, 1.807) is 18.2 Å². The van der Waals surface area contributed by atoms with Crippen LogP contribution >= 0.6 is 23.2 Å². The Kier molecular flexibility index (Phi) is 4.92. The Hall–Kier alpha value is -1.80. The largest absolute Gasteiger partial charge is 0.322 e. The summed E-state index contributed by atoms with van der Waals surface area (Å²) in [4.78, 5) is 12.1. The van der Waals surface area contributed by atoms with Gasteiger partial charge in [-0.2, -0.15) is 8.42 Å². The van der Waals surface area contributed by atoms with Gasteiger partial charge in [-0.25, -0.2) is 5.14 Å². The molecule has 2 rings (SSSR count). The zero-order valence-corrected chi connectivity index (χ0v) is 13.3. The second-order valence-electron chi connectivity index (χ2n) is 4.31. The fourth-order valence-electron chi connectivity index (χ4n) is 1.70. The molecule has 2 aromatic carbocycles. The van der Waals surface area contributed by atoms with Crippen molar-refractivity contribution >= 4 is 50.7 Å². The third kappa shape index (κ3) is 4.60. The van der Waals surface area contributed by atoms with Crippen molar-refractivity contribution in [3.05, 3.63) is 58.1 Å². The van der Waals surface area contributed by atoms with Gasteiger partial charge in [0, 0.05) is 10.7 Å². The molecule has 0 saturated heterocycles. The van der Waals surface area contributed by atoms with Crippen molar-refractivity contribution in [2.24, 2.45) is 5.14 Å². The molecule has 0 heterocycles. The normalized spacial score (nSPS) is 11.0. The number of nitrogens with two attached hydrogens (primary N) is 1. The maximum Gasteiger partial charge on any atom is 0.296 e. The van der Waals surface area contributed by atoms with Crippen molar-refractivity contribution in [2.45, 2.75) is 0 Å². The molecule has 4 N–H and O–H groups in total. The first-order valence-electron chi connectivity index (χ1n) is 5.91. The number of halogens is 2. The van der Waals surface area contributed by atoms with E-state index in [9.17, 15) is 13.2 Å². The molecule has 0 aliphatic heterocycles. The van der Waals surface area contributed by atoms with Crippen LogP contribution in [0.4, 0.5) is 11.4 Å². The molecule has 22 heavy (non-hydrogen) atoms. The lowest BCUT2D eigenvalue weighted by Gasteiger charge is -2.09. The molecule has 2 aromatic rings. The number of anilines is 2. The predicted octanol–water partition coefficient (Wildman–Crippen LogP) is 2.86. The van der Waals surface area contributed by atoms with E-state index < -0.39 is 16.1 Å². The number of hydrogen-bond donors (Lipinski definition) is 3. The van der Waals surface area contributed by atoms with Gasteiger partial charge in [-0.15, -0.1) is 0 Å². The molecule has 0 aromatic heterocycles. The molecule has 0 unspecified atom stereocenters. The maximum absolute atomic E-state index is 12.1. The third-order valence-corrected chi connectivity index (χ3v) is 3.62. The molecule has 6 nitrogen and oxygen atoms in total. The lowest BCUT2D eigenvalue weighted by atomic mass is 10.2. The SMILES string of the molecule is NS(=O)(=O)Nc1cccc(NC(=O)c2ccc(Cl)cc2Cl)c1. The van der Waals surface area contributed by atoms with Crippen LogP contribution in [0.3, 0.4) is 0 Å². The van der Waals surface area contributed by atoms with Crippen LogP contribution < -0.4 is 15.2 Å². The minimum absolute atomic E-state index is 0.212. The van der Waals surface area contributed by atoms with Crippen LogP contribution in [-0.4, -0.2) is 14.3 Å². The highest BCUT2D eigenvalue weighted by Crippen LogP contribution is 2.23. The van der Waals surface area contributed by atoms with Crippen LogP contribution in [-0.2, 0) is 10.2 Å². The van der Waals surface area contributed by atoms with Gasteiger partial charge in [0.15, 0.2) is 0 Å². The fraction of sp³-hybridized carbons (Fsp3) is 0. The van der Waals surface area contributed by atoms with Gasteiger partial charge in [-0.05, 0) is 36.4 Å². The Morgan fingerprint density at radius 1 is 1.05 bits per heavy atom. The first kappa shape index (κ1) is 16.6. The van der Waals surface area contributed by atoms with Gasteiger partial charge in [0.05, 0.1) is 16.3 Å². The molecule has 0 aliphatic carbocycles. The lowest BCUT2D eigenvalue weighted by molar-refractivity contribution is 0.102. The number of carbonyl (C=O) groups is 1. The first-order chi connectivity index (χ1) is 10.2. The highest BCUT2D eigenvalue weighted by Gasteiger charge is 2.11. The van der Waals surface area contributed by atoms with Crippen LogP contribution in [0.15, 0.2) is 42.5 Å². The lowest BCUT2D eigenvalue weighted by Crippen LogP contribution is -2.21. The van der Waals surface area contributed by atoms with Gasteiger partial charge in [0.25, 0.3) is 16.1 Å². The predicted molar refractivity (Wildman–Crippen MR) is 87.6 cm³/mol. The summed E-state index contributed by atoms with van der Waals surface area (Å²) in [5.74, 6) is -0.450. The molecule has 0 spiro atoms. The van der Waals surface area contributed by atoms with E-state index in [-0.39, 0.29) is 16.3 Å². The average molecular weight is 360 g/mol. The van der Waals surface area contributed by atoms with Crippen LogP contribution in [0.25, 0.3) is 0 Å². The quantitative estimate of drug-likeness (QED) is 0.781. The van der Waals surface area contributed by atoms with Crippen molar-refractivity contribution in [2.75, 3.05) is 10.0 Å². The minimum Gasteiger partial charge on any atom is -0.322 e. The summed E-state index contributed by atoms with van der Waals surface area (Å²) in [6.07, 6.45) is 0. The van der Waals surface area contributed by atoms with Gasteiger partial charge in [-0.1, -0.05) is 29.3 Å². The summed E-state index contributed by atoms with van der Waals surface area (Å²) in [7, 11) is -3.88. The third-order valence-electron chi connectivity index (χ3n) is 2.56. The average Bonchev–Trinajstić information content (AvgIpc) is 2.36. The zero-order valence-electron chi connectivity index (χ0n) is 11.0. The first-order valence-corrected chi connectivity index (χ1v) is 8.22. The van der Waals surface area contributed by atoms with Gasteiger partial charge >= 0.3 is 0 Å². The molecular weight excluding hydrogens is 349 g/mol. The molecule has 0 fully saturated rings. The van der Waals surface area contributed by atoms with Crippen molar-refractivity contribution in [1.82, 2.24) is 0 Å². The minimum atomic E-state index is -3.88. The van der Waals surface area contributed by atoms with Gasteiger partial charge < -0.3 is 5.32 Å². The Labute approximate surface area is 137 Å². The van der Waals surface area contributed by atoms with Gasteiger partial charge in [-0.3, -0.25) is 9.52 Å². The molecule has 0 atom stereocenters. The number of nitrogens with one attached hydrogen (secondary N) is 2. The van der Waals surface area contributed by atoms with Crippen molar-refractivity contribution in [3.8, 4) is 0 Å². The zero-order chi connectivity index (χ0) is 16.3. The summed E-state index contributed by atoms with van der Waals surface area (Å²) in [6.45, 7) is 0. The van der Waals surface area contributed by atoms with Crippen LogP contribution in [0, 0.1) is 0 Å². The maximum atomic E-state index is 12.1. The van der Waals surface area contributed by atoms with Crippen LogP contribution in [0.5, 0.6) is 0 Å². The number of benzene rings is 2. The molecule has 0 aliphatic rings. The summed E-state index contributed by atoms with van der Waals surface area (Å²) in [5.41, 5.74) is 0.850. The van der Waals surface area contributed by atoms with Crippen molar-refractivity contribution in [1.29, 1.82) is 0 Å². The van der Waals surface area contributed by atoms with E-state index in [2.05, 4.69) is 10.0 Å². The summed E-state index contributed by atoms with van der Waals surface area (Å²) < 4.78 is 24.1. The number of rotatable bonds is 4. The molecule has 0 saturated carbocycles. The van der Waals surface area contributed by atoms with Crippen LogP contribution in [0.2, 0.25) is 10.0 Å². The van der Waals surface area contributed by atoms with Gasteiger partial charge in [0.1, 0.15) is 0 Å². The molecule has 0 radical (unpaired) electrons. The van der Waals surface area contributed by atoms with E-state index in [4.69, 9.17) is 28.3 Å². The van der Waals surface area contributed by atoms with Crippen molar-refractivity contribution < 1.29 is 13.2 Å². The highest BCUT2D eigenvalue weighted by atomic mass is 35.5. The van der Waals surface area contributed by atoms with E-state index in [1.807, 2.05) is 0 Å². The smallest absolute Gasteiger partial charge is 0.296 e. The molecule has 9 heteroatoms. The second kappa shape index (κ2) is 6.53. The monoisotopic (exact) mass is 359 g/mol.